The van der Waals surface area contributed by atoms with Crippen molar-refractivity contribution in [3.05, 3.63) is 77.0 Å². The van der Waals surface area contributed by atoms with Crippen LogP contribution in [0.25, 0.3) is 10.9 Å². The Kier molecular flexibility index (Phi) is 4.15. The predicted molar refractivity (Wildman–Crippen MR) is 96.0 cm³/mol. The van der Waals surface area contributed by atoms with Crippen LogP contribution in [0.5, 0.6) is 0 Å². The first-order valence-electron chi connectivity index (χ1n) is 8.68. The molecule has 1 aliphatic carbocycles. The molecule has 3 aromatic rings. The average Bonchev–Trinajstić information content (AvgIpc) is 3.48. The van der Waals surface area contributed by atoms with Crippen molar-refractivity contribution in [2.24, 2.45) is 0 Å². The molecule has 0 spiro atoms. The summed E-state index contributed by atoms with van der Waals surface area (Å²) >= 11 is 0. The standard InChI is InChI=1S/C21H18F2N2O/c1-12(14-8-9-17(22)18(23)10-14)24-21(26)16-11-20(13-6-7-13)25-19-5-3-2-4-15(16)19/h2-5,8-13H,6-7H2,1H3,(H,24,26). The van der Waals surface area contributed by atoms with Gasteiger partial charge in [-0.3, -0.25) is 9.78 Å². The highest BCUT2D eigenvalue weighted by Gasteiger charge is 2.27. The van der Waals surface area contributed by atoms with Gasteiger partial charge in [-0.2, -0.15) is 0 Å². The van der Waals surface area contributed by atoms with Crippen LogP contribution >= 0.6 is 0 Å². The Hall–Kier alpha value is -2.82. The monoisotopic (exact) mass is 352 g/mol. The molecule has 1 saturated carbocycles. The fourth-order valence-corrected chi connectivity index (χ4v) is 3.11. The van der Waals surface area contributed by atoms with Crippen LogP contribution in [0.1, 0.15) is 53.3 Å². The van der Waals surface area contributed by atoms with Crippen molar-refractivity contribution in [1.29, 1.82) is 0 Å². The summed E-state index contributed by atoms with van der Waals surface area (Å²) in [7, 11) is 0. The number of benzene rings is 2. The minimum atomic E-state index is -0.922. The number of hydrogen-bond acceptors (Lipinski definition) is 2. The lowest BCUT2D eigenvalue weighted by Crippen LogP contribution is -2.27. The molecule has 1 N–H and O–H groups in total. The predicted octanol–water partition coefficient (Wildman–Crippen LogP) is 4.88. The summed E-state index contributed by atoms with van der Waals surface area (Å²) in [6.45, 7) is 1.75. The smallest absolute Gasteiger partial charge is 0.252 e. The van der Waals surface area contributed by atoms with Crippen LogP contribution in [-0.4, -0.2) is 10.9 Å². The van der Waals surface area contributed by atoms with Crippen molar-refractivity contribution in [3.63, 3.8) is 0 Å². The minimum absolute atomic E-state index is 0.247. The molecular formula is C21H18F2N2O. The molecule has 5 heteroatoms. The van der Waals surface area contributed by atoms with Gasteiger partial charge < -0.3 is 5.32 Å². The van der Waals surface area contributed by atoms with E-state index in [1.807, 2.05) is 30.3 Å². The lowest BCUT2D eigenvalue weighted by molar-refractivity contribution is 0.0941. The van der Waals surface area contributed by atoms with Gasteiger partial charge in [0.1, 0.15) is 0 Å². The molecule has 1 fully saturated rings. The lowest BCUT2D eigenvalue weighted by Gasteiger charge is -2.16. The lowest BCUT2D eigenvalue weighted by atomic mass is 10.0. The van der Waals surface area contributed by atoms with Crippen molar-refractivity contribution in [2.75, 3.05) is 0 Å². The van der Waals surface area contributed by atoms with Crippen molar-refractivity contribution in [1.82, 2.24) is 10.3 Å². The van der Waals surface area contributed by atoms with Crippen molar-refractivity contribution < 1.29 is 13.6 Å². The van der Waals surface area contributed by atoms with Gasteiger partial charge in [-0.05, 0) is 49.6 Å². The summed E-state index contributed by atoms with van der Waals surface area (Å²) in [4.78, 5) is 17.6. The number of amides is 1. The van der Waals surface area contributed by atoms with Crippen LogP contribution in [0.4, 0.5) is 8.78 Å². The fourth-order valence-electron chi connectivity index (χ4n) is 3.11. The zero-order valence-electron chi connectivity index (χ0n) is 14.3. The Labute approximate surface area is 150 Å². The van der Waals surface area contributed by atoms with Crippen molar-refractivity contribution >= 4 is 16.8 Å². The molecule has 0 radical (unpaired) electrons. The Morgan fingerprint density at radius 2 is 1.88 bits per heavy atom. The van der Waals surface area contributed by atoms with Gasteiger partial charge >= 0.3 is 0 Å². The molecule has 1 aliphatic rings. The van der Waals surface area contributed by atoms with E-state index >= 15 is 0 Å². The van der Waals surface area contributed by atoms with Crippen LogP contribution in [0.2, 0.25) is 0 Å². The van der Waals surface area contributed by atoms with Crippen LogP contribution in [0.3, 0.4) is 0 Å². The first kappa shape index (κ1) is 16.6. The van der Waals surface area contributed by atoms with Gasteiger partial charge in [0.2, 0.25) is 0 Å². The number of carbonyl (C=O) groups is 1. The van der Waals surface area contributed by atoms with Gasteiger partial charge in [0.25, 0.3) is 5.91 Å². The quantitative estimate of drug-likeness (QED) is 0.727. The Balaban J connectivity index is 1.66. The van der Waals surface area contributed by atoms with E-state index in [0.29, 0.717) is 17.0 Å². The summed E-state index contributed by atoms with van der Waals surface area (Å²) in [5.41, 5.74) is 2.81. The second-order valence-corrected chi connectivity index (χ2v) is 6.75. The number of nitrogens with one attached hydrogen (secondary N) is 1. The maximum atomic E-state index is 13.5. The summed E-state index contributed by atoms with van der Waals surface area (Å²) in [6, 6.07) is 12.6. The second-order valence-electron chi connectivity index (χ2n) is 6.75. The summed E-state index contributed by atoms with van der Waals surface area (Å²) in [6.07, 6.45) is 2.19. The van der Waals surface area contributed by atoms with E-state index in [1.165, 1.54) is 6.07 Å². The largest absolute Gasteiger partial charge is 0.345 e. The van der Waals surface area contributed by atoms with Gasteiger partial charge in [0.15, 0.2) is 11.6 Å². The number of rotatable bonds is 4. The van der Waals surface area contributed by atoms with Gasteiger partial charge in [0, 0.05) is 17.0 Å². The number of para-hydroxylation sites is 1. The Bertz CT molecular complexity index is 998. The molecule has 1 amide bonds. The SMILES string of the molecule is CC(NC(=O)c1cc(C2CC2)nc2ccccc12)c1ccc(F)c(F)c1. The molecule has 132 valence electrons. The molecule has 0 aliphatic heterocycles. The maximum Gasteiger partial charge on any atom is 0.252 e. The Morgan fingerprint density at radius 1 is 1.12 bits per heavy atom. The number of pyridine rings is 1. The number of fused-ring (bicyclic) bond motifs is 1. The number of hydrogen-bond donors (Lipinski definition) is 1. The van der Waals surface area contributed by atoms with E-state index in [-0.39, 0.29) is 5.91 Å². The third-order valence-electron chi connectivity index (χ3n) is 4.77. The van der Waals surface area contributed by atoms with E-state index in [2.05, 4.69) is 10.3 Å². The van der Waals surface area contributed by atoms with Gasteiger partial charge in [0.05, 0.1) is 17.1 Å². The molecular weight excluding hydrogens is 334 g/mol. The van der Waals surface area contributed by atoms with E-state index in [4.69, 9.17) is 0 Å². The third-order valence-corrected chi connectivity index (χ3v) is 4.77. The molecule has 1 unspecified atom stereocenters. The molecule has 1 heterocycles. The zero-order chi connectivity index (χ0) is 18.3. The van der Waals surface area contributed by atoms with E-state index in [1.54, 1.807) is 6.92 Å². The number of halogens is 2. The molecule has 0 bridgehead atoms. The van der Waals surface area contributed by atoms with E-state index in [0.717, 1.165) is 41.6 Å². The van der Waals surface area contributed by atoms with Crippen molar-refractivity contribution in [2.45, 2.75) is 31.7 Å². The molecule has 2 aromatic carbocycles. The highest BCUT2D eigenvalue weighted by atomic mass is 19.2. The zero-order valence-corrected chi connectivity index (χ0v) is 14.3. The third kappa shape index (κ3) is 3.17. The van der Waals surface area contributed by atoms with Crippen LogP contribution in [0.15, 0.2) is 48.5 Å². The molecule has 0 saturated heterocycles. The Morgan fingerprint density at radius 3 is 2.62 bits per heavy atom. The minimum Gasteiger partial charge on any atom is -0.345 e. The van der Waals surface area contributed by atoms with Gasteiger partial charge in [-0.1, -0.05) is 24.3 Å². The van der Waals surface area contributed by atoms with Gasteiger partial charge in [-0.15, -0.1) is 0 Å². The molecule has 26 heavy (non-hydrogen) atoms. The second kappa shape index (κ2) is 6.48. The van der Waals surface area contributed by atoms with Crippen LogP contribution in [0, 0.1) is 11.6 Å². The summed E-state index contributed by atoms with van der Waals surface area (Å²) in [5.74, 6) is -1.65. The molecule has 1 atom stereocenters. The van der Waals surface area contributed by atoms with Crippen LogP contribution < -0.4 is 5.32 Å². The number of carbonyl (C=O) groups excluding carboxylic acids is 1. The first-order valence-corrected chi connectivity index (χ1v) is 8.68. The molecule has 4 rings (SSSR count). The maximum absolute atomic E-state index is 13.5. The number of aromatic nitrogens is 1. The average molecular weight is 352 g/mol. The van der Waals surface area contributed by atoms with E-state index in [9.17, 15) is 13.6 Å². The van der Waals surface area contributed by atoms with Crippen molar-refractivity contribution in [3.8, 4) is 0 Å². The summed E-state index contributed by atoms with van der Waals surface area (Å²) in [5, 5.41) is 3.67. The normalized spacial score (nSPS) is 15.0. The topological polar surface area (TPSA) is 42.0 Å². The van der Waals surface area contributed by atoms with Crippen LogP contribution in [-0.2, 0) is 0 Å². The highest BCUT2D eigenvalue weighted by molar-refractivity contribution is 6.06. The number of nitrogens with zero attached hydrogens (tertiary/aromatic N) is 1. The van der Waals surface area contributed by atoms with Gasteiger partial charge in [-0.25, -0.2) is 8.78 Å². The molecule has 3 nitrogen and oxygen atoms in total. The first-order chi connectivity index (χ1) is 12.5. The molecule has 1 aromatic heterocycles. The highest BCUT2D eigenvalue weighted by Crippen LogP contribution is 2.40. The van der Waals surface area contributed by atoms with E-state index < -0.39 is 17.7 Å². The summed E-state index contributed by atoms with van der Waals surface area (Å²) < 4.78 is 26.6. The fraction of sp³-hybridized carbons (Fsp3) is 0.238.